The highest BCUT2D eigenvalue weighted by molar-refractivity contribution is 5.70. The number of rotatable bonds is 5. The monoisotopic (exact) mass is 249 g/mol. The summed E-state index contributed by atoms with van der Waals surface area (Å²) in [6.45, 7) is 3.97. The summed E-state index contributed by atoms with van der Waals surface area (Å²) in [4.78, 5) is 11.8. The molecule has 0 amide bonds. The molecule has 18 heavy (non-hydrogen) atoms. The lowest BCUT2D eigenvalue weighted by Gasteiger charge is -2.16. The van der Waals surface area contributed by atoms with Gasteiger partial charge in [-0.05, 0) is 50.8 Å². The Labute approximate surface area is 109 Å². The van der Waals surface area contributed by atoms with Crippen molar-refractivity contribution in [2.75, 3.05) is 13.1 Å². The molecule has 1 aliphatic carbocycles. The van der Waals surface area contributed by atoms with Crippen molar-refractivity contribution in [2.24, 2.45) is 5.92 Å². The van der Waals surface area contributed by atoms with Crippen LogP contribution in [0.3, 0.4) is 0 Å². The van der Waals surface area contributed by atoms with Gasteiger partial charge in [0.05, 0.1) is 0 Å². The van der Waals surface area contributed by atoms with Crippen molar-refractivity contribution < 1.29 is 9.53 Å². The third-order valence-corrected chi connectivity index (χ3v) is 3.55. The van der Waals surface area contributed by atoms with Gasteiger partial charge in [0.1, 0.15) is 6.10 Å². The lowest BCUT2D eigenvalue weighted by Crippen LogP contribution is -2.19. The molecule has 100 valence electrons. The third-order valence-electron chi connectivity index (χ3n) is 3.55. The lowest BCUT2D eigenvalue weighted by atomic mass is 10.0. The predicted molar refractivity (Wildman–Crippen MR) is 72.2 cm³/mol. The summed E-state index contributed by atoms with van der Waals surface area (Å²) in [5, 5.41) is 3.27. The van der Waals surface area contributed by atoms with Crippen molar-refractivity contribution in [3.63, 3.8) is 0 Å². The van der Waals surface area contributed by atoms with Gasteiger partial charge in [-0.25, -0.2) is 0 Å². The summed E-state index contributed by atoms with van der Waals surface area (Å²) < 4.78 is 5.47. The molecule has 1 aliphatic heterocycles. The fraction of sp³-hybridized carbons (Fsp3) is 0.667. The van der Waals surface area contributed by atoms with Crippen LogP contribution in [0.5, 0.6) is 0 Å². The van der Waals surface area contributed by atoms with Crippen LogP contribution in [0, 0.1) is 5.92 Å². The molecule has 1 heterocycles. The zero-order chi connectivity index (χ0) is 12.8. The number of hydrogen-bond acceptors (Lipinski definition) is 3. The standard InChI is InChI=1S/C15H23NO2/c1-12(9-13-5-3-2-4-6-13)18-15(17)10-14-7-8-16-11-14/h3,5-6,12,14,16H,2,4,7-11H2,1H3. The average molecular weight is 249 g/mol. The van der Waals surface area contributed by atoms with Crippen molar-refractivity contribution in [1.82, 2.24) is 5.32 Å². The maximum atomic E-state index is 11.8. The number of carbonyl (C=O) groups excluding carboxylic acids is 1. The Morgan fingerprint density at radius 1 is 1.56 bits per heavy atom. The molecule has 1 saturated heterocycles. The van der Waals surface area contributed by atoms with Gasteiger partial charge in [-0.15, -0.1) is 0 Å². The average Bonchev–Trinajstić information content (AvgIpc) is 2.82. The van der Waals surface area contributed by atoms with E-state index in [1.807, 2.05) is 6.92 Å². The highest BCUT2D eigenvalue weighted by Crippen LogP contribution is 2.18. The van der Waals surface area contributed by atoms with E-state index in [0.29, 0.717) is 12.3 Å². The third kappa shape index (κ3) is 4.30. The first-order valence-electron chi connectivity index (χ1n) is 7.00. The highest BCUT2D eigenvalue weighted by atomic mass is 16.5. The maximum absolute atomic E-state index is 11.8. The number of nitrogens with one attached hydrogen (secondary N) is 1. The first-order valence-corrected chi connectivity index (χ1v) is 7.00. The Kier molecular flexibility index (Phi) is 5.00. The highest BCUT2D eigenvalue weighted by Gasteiger charge is 2.20. The normalized spacial score (nSPS) is 24.7. The number of ether oxygens (including phenoxy) is 1. The second-order valence-corrected chi connectivity index (χ2v) is 5.33. The topological polar surface area (TPSA) is 38.3 Å². The van der Waals surface area contributed by atoms with E-state index in [-0.39, 0.29) is 12.1 Å². The number of carbonyl (C=O) groups is 1. The molecule has 0 saturated carbocycles. The quantitative estimate of drug-likeness (QED) is 0.761. The van der Waals surface area contributed by atoms with Crippen LogP contribution in [-0.4, -0.2) is 25.2 Å². The second-order valence-electron chi connectivity index (χ2n) is 5.33. The Morgan fingerprint density at radius 2 is 2.44 bits per heavy atom. The Bertz CT molecular complexity index is 340. The molecule has 2 aliphatic rings. The molecule has 1 fully saturated rings. The number of hydrogen-bond donors (Lipinski definition) is 1. The molecule has 1 N–H and O–H groups in total. The molecule has 0 bridgehead atoms. The Morgan fingerprint density at radius 3 is 3.11 bits per heavy atom. The van der Waals surface area contributed by atoms with Crippen LogP contribution in [0.2, 0.25) is 0 Å². The molecule has 3 heteroatoms. The van der Waals surface area contributed by atoms with E-state index in [2.05, 4.69) is 23.5 Å². The van der Waals surface area contributed by atoms with Crippen molar-refractivity contribution in [3.8, 4) is 0 Å². The van der Waals surface area contributed by atoms with Crippen LogP contribution in [0.4, 0.5) is 0 Å². The zero-order valence-electron chi connectivity index (χ0n) is 11.2. The molecule has 0 radical (unpaired) electrons. The van der Waals surface area contributed by atoms with E-state index in [0.717, 1.165) is 38.8 Å². The van der Waals surface area contributed by atoms with Crippen LogP contribution < -0.4 is 5.32 Å². The molecule has 0 aromatic rings. The minimum Gasteiger partial charge on any atom is -0.462 e. The fourth-order valence-electron chi connectivity index (χ4n) is 2.59. The van der Waals surface area contributed by atoms with Gasteiger partial charge in [-0.2, -0.15) is 0 Å². The van der Waals surface area contributed by atoms with Gasteiger partial charge in [-0.3, -0.25) is 4.79 Å². The molecule has 3 nitrogen and oxygen atoms in total. The van der Waals surface area contributed by atoms with Crippen molar-refractivity contribution in [2.45, 2.75) is 45.1 Å². The van der Waals surface area contributed by atoms with Crippen LogP contribution in [0.25, 0.3) is 0 Å². The molecule has 2 rings (SSSR count). The molecule has 2 unspecified atom stereocenters. The first kappa shape index (κ1) is 13.3. The van der Waals surface area contributed by atoms with Crippen LogP contribution in [0.1, 0.15) is 39.0 Å². The summed E-state index contributed by atoms with van der Waals surface area (Å²) >= 11 is 0. The Balaban J connectivity index is 1.69. The molecule has 0 spiro atoms. The van der Waals surface area contributed by atoms with Gasteiger partial charge in [0.15, 0.2) is 0 Å². The summed E-state index contributed by atoms with van der Waals surface area (Å²) in [7, 11) is 0. The van der Waals surface area contributed by atoms with E-state index in [1.165, 1.54) is 5.57 Å². The van der Waals surface area contributed by atoms with Gasteiger partial charge >= 0.3 is 5.97 Å². The number of allylic oxidation sites excluding steroid dienone is 3. The lowest BCUT2D eigenvalue weighted by molar-refractivity contribution is -0.149. The zero-order valence-corrected chi connectivity index (χ0v) is 11.2. The van der Waals surface area contributed by atoms with Gasteiger partial charge in [-0.1, -0.05) is 18.2 Å². The maximum Gasteiger partial charge on any atom is 0.306 e. The molecular formula is C15H23NO2. The van der Waals surface area contributed by atoms with E-state index in [1.54, 1.807) is 0 Å². The number of esters is 1. The molecule has 2 atom stereocenters. The second kappa shape index (κ2) is 6.74. The first-order chi connectivity index (χ1) is 8.74. The van der Waals surface area contributed by atoms with Crippen molar-refractivity contribution >= 4 is 5.97 Å². The van der Waals surface area contributed by atoms with E-state index >= 15 is 0 Å². The van der Waals surface area contributed by atoms with Crippen molar-refractivity contribution in [3.05, 3.63) is 23.8 Å². The smallest absolute Gasteiger partial charge is 0.306 e. The SMILES string of the molecule is CC(CC1=CCCC=C1)OC(=O)CC1CCNC1. The van der Waals surface area contributed by atoms with Gasteiger partial charge in [0.25, 0.3) is 0 Å². The van der Waals surface area contributed by atoms with E-state index in [9.17, 15) is 4.79 Å². The van der Waals surface area contributed by atoms with Crippen LogP contribution >= 0.6 is 0 Å². The Hall–Kier alpha value is -1.09. The molecule has 0 aromatic heterocycles. The van der Waals surface area contributed by atoms with E-state index < -0.39 is 0 Å². The fourth-order valence-corrected chi connectivity index (χ4v) is 2.59. The largest absolute Gasteiger partial charge is 0.462 e. The summed E-state index contributed by atoms with van der Waals surface area (Å²) in [5.41, 5.74) is 1.30. The summed E-state index contributed by atoms with van der Waals surface area (Å²) in [6, 6.07) is 0. The minimum absolute atomic E-state index is 0.0131. The summed E-state index contributed by atoms with van der Waals surface area (Å²) in [6.07, 6.45) is 11.3. The van der Waals surface area contributed by atoms with Crippen LogP contribution in [0.15, 0.2) is 23.8 Å². The predicted octanol–water partition coefficient (Wildman–Crippen LogP) is 2.58. The molecular weight excluding hydrogens is 226 g/mol. The van der Waals surface area contributed by atoms with Gasteiger partial charge in [0.2, 0.25) is 0 Å². The molecule has 0 aromatic carbocycles. The van der Waals surface area contributed by atoms with E-state index in [4.69, 9.17) is 4.74 Å². The van der Waals surface area contributed by atoms with Gasteiger partial charge in [0, 0.05) is 12.8 Å². The van der Waals surface area contributed by atoms with Gasteiger partial charge < -0.3 is 10.1 Å². The minimum atomic E-state index is -0.0448. The summed E-state index contributed by atoms with van der Waals surface area (Å²) in [5.74, 6) is 0.426. The van der Waals surface area contributed by atoms with Crippen LogP contribution in [-0.2, 0) is 9.53 Å². The van der Waals surface area contributed by atoms with Crippen molar-refractivity contribution in [1.29, 1.82) is 0 Å².